The maximum atomic E-state index is 12.8. The monoisotopic (exact) mass is 416 g/mol. The number of alkyl halides is 3. The minimum Gasteiger partial charge on any atom is -0.384 e. The van der Waals surface area contributed by atoms with Crippen LogP contribution in [0.15, 0.2) is 18.3 Å². The molecule has 1 fully saturated rings. The standard InChI is InChI=1S/C17H20ClF3N6O/c1-11-7-14(22)27(24-11)10-15(28)25-3-2-4-26(6-5-25)16-13(18)8-12(9-23-16)17(19,20)21/h7-9H,2-6,10,22H2,1H3. The van der Waals surface area contributed by atoms with Gasteiger partial charge in [0.25, 0.3) is 0 Å². The highest BCUT2D eigenvalue weighted by atomic mass is 35.5. The van der Waals surface area contributed by atoms with Crippen LogP contribution in [0.5, 0.6) is 0 Å². The molecule has 0 aliphatic carbocycles. The Hall–Kier alpha value is -2.49. The van der Waals surface area contributed by atoms with E-state index in [0.717, 1.165) is 18.0 Å². The summed E-state index contributed by atoms with van der Waals surface area (Å²) in [5, 5.41) is 4.12. The molecule has 11 heteroatoms. The normalized spacial score (nSPS) is 15.6. The molecule has 152 valence electrons. The second-order valence-electron chi connectivity index (χ2n) is 6.62. The molecule has 1 amide bonds. The number of rotatable bonds is 3. The lowest BCUT2D eigenvalue weighted by Crippen LogP contribution is -2.37. The molecule has 0 saturated carbocycles. The molecule has 0 aromatic carbocycles. The van der Waals surface area contributed by atoms with Gasteiger partial charge in [0.1, 0.15) is 18.2 Å². The molecule has 3 heterocycles. The first-order valence-electron chi connectivity index (χ1n) is 8.70. The molecule has 2 aromatic rings. The predicted molar refractivity (Wildman–Crippen MR) is 99.0 cm³/mol. The number of hydrogen-bond donors (Lipinski definition) is 1. The van der Waals surface area contributed by atoms with Crippen LogP contribution in [0.3, 0.4) is 0 Å². The van der Waals surface area contributed by atoms with Gasteiger partial charge in [-0.15, -0.1) is 0 Å². The number of halogens is 4. The number of pyridine rings is 1. The van der Waals surface area contributed by atoms with Crippen molar-refractivity contribution in [2.75, 3.05) is 36.8 Å². The highest BCUT2D eigenvalue weighted by Crippen LogP contribution is 2.33. The summed E-state index contributed by atoms with van der Waals surface area (Å²) in [4.78, 5) is 20.0. The van der Waals surface area contributed by atoms with E-state index in [2.05, 4.69) is 10.1 Å². The van der Waals surface area contributed by atoms with E-state index >= 15 is 0 Å². The van der Waals surface area contributed by atoms with Crippen LogP contribution in [0.4, 0.5) is 24.8 Å². The number of amides is 1. The minimum absolute atomic E-state index is 0.0406. The SMILES string of the molecule is Cc1cc(N)n(CC(=O)N2CCCN(c3ncc(C(F)(F)F)cc3Cl)CC2)n1. The Bertz CT molecular complexity index is 869. The number of aromatic nitrogens is 3. The summed E-state index contributed by atoms with van der Waals surface area (Å²) in [5.74, 6) is 0.585. The number of nitrogen functional groups attached to an aromatic ring is 1. The van der Waals surface area contributed by atoms with Gasteiger partial charge in [-0.1, -0.05) is 11.6 Å². The van der Waals surface area contributed by atoms with E-state index in [1.165, 1.54) is 4.68 Å². The Morgan fingerprint density at radius 2 is 2.00 bits per heavy atom. The number of nitrogens with zero attached hydrogens (tertiary/aromatic N) is 5. The average Bonchev–Trinajstić information content (AvgIpc) is 2.81. The Labute approximate surface area is 164 Å². The van der Waals surface area contributed by atoms with Crippen LogP contribution in [0.2, 0.25) is 5.02 Å². The number of nitrogens with two attached hydrogens (primary N) is 1. The Kier molecular flexibility index (Phi) is 5.69. The van der Waals surface area contributed by atoms with Gasteiger partial charge in [-0.2, -0.15) is 18.3 Å². The maximum Gasteiger partial charge on any atom is 0.417 e. The molecular weight excluding hydrogens is 397 g/mol. The zero-order valence-corrected chi connectivity index (χ0v) is 16.0. The maximum absolute atomic E-state index is 12.8. The second-order valence-corrected chi connectivity index (χ2v) is 7.02. The van der Waals surface area contributed by atoms with Crippen LogP contribution in [0.25, 0.3) is 0 Å². The van der Waals surface area contributed by atoms with Crippen molar-refractivity contribution >= 4 is 29.1 Å². The van der Waals surface area contributed by atoms with Crippen LogP contribution in [-0.4, -0.2) is 51.8 Å². The number of hydrogen-bond acceptors (Lipinski definition) is 5. The third-order valence-electron chi connectivity index (χ3n) is 4.52. The third kappa shape index (κ3) is 4.49. The third-order valence-corrected chi connectivity index (χ3v) is 4.79. The molecule has 28 heavy (non-hydrogen) atoms. The van der Waals surface area contributed by atoms with Gasteiger partial charge < -0.3 is 15.5 Å². The molecule has 0 radical (unpaired) electrons. The molecule has 0 spiro atoms. The van der Waals surface area contributed by atoms with Crippen LogP contribution in [0.1, 0.15) is 17.7 Å². The van der Waals surface area contributed by atoms with E-state index in [-0.39, 0.29) is 23.3 Å². The molecular formula is C17H20ClF3N6O. The van der Waals surface area contributed by atoms with E-state index in [0.29, 0.717) is 38.4 Å². The van der Waals surface area contributed by atoms with Crippen molar-refractivity contribution in [2.24, 2.45) is 0 Å². The lowest BCUT2D eigenvalue weighted by molar-refractivity contribution is -0.137. The summed E-state index contributed by atoms with van der Waals surface area (Å²) in [7, 11) is 0. The van der Waals surface area contributed by atoms with Gasteiger partial charge in [-0.05, 0) is 19.4 Å². The van der Waals surface area contributed by atoms with E-state index in [1.807, 2.05) is 0 Å². The fraction of sp³-hybridized carbons (Fsp3) is 0.471. The highest BCUT2D eigenvalue weighted by molar-refractivity contribution is 6.33. The van der Waals surface area contributed by atoms with Gasteiger partial charge in [0, 0.05) is 38.4 Å². The molecule has 0 atom stereocenters. The van der Waals surface area contributed by atoms with E-state index in [9.17, 15) is 18.0 Å². The van der Waals surface area contributed by atoms with Gasteiger partial charge in [0.2, 0.25) is 5.91 Å². The van der Waals surface area contributed by atoms with Crippen molar-refractivity contribution in [1.82, 2.24) is 19.7 Å². The minimum atomic E-state index is -4.50. The first kappa shape index (κ1) is 20.2. The van der Waals surface area contributed by atoms with Crippen molar-refractivity contribution in [3.05, 3.63) is 34.6 Å². The Morgan fingerprint density at radius 3 is 2.61 bits per heavy atom. The van der Waals surface area contributed by atoms with Crippen molar-refractivity contribution in [2.45, 2.75) is 26.1 Å². The second kappa shape index (κ2) is 7.86. The van der Waals surface area contributed by atoms with Crippen LogP contribution in [-0.2, 0) is 17.5 Å². The number of anilines is 2. The summed E-state index contributed by atoms with van der Waals surface area (Å²) in [6.07, 6.45) is -3.08. The summed E-state index contributed by atoms with van der Waals surface area (Å²) in [6.45, 7) is 3.70. The largest absolute Gasteiger partial charge is 0.417 e. The molecule has 1 saturated heterocycles. The fourth-order valence-electron chi connectivity index (χ4n) is 3.12. The zero-order valence-electron chi connectivity index (χ0n) is 15.2. The predicted octanol–water partition coefficient (Wildman–Crippen LogP) is 2.58. The molecule has 7 nitrogen and oxygen atoms in total. The average molecular weight is 417 g/mol. The number of carbonyl (C=O) groups is 1. The van der Waals surface area contributed by atoms with Crippen LogP contribution in [0, 0.1) is 6.92 Å². The van der Waals surface area contributed by atoms with Crippen LogP contribution < -0.4 is 10.6 Å². The van der Waals surface area contributed by atoms with E-state index < -0.39 is 11.7 Å². The van der Waals surface area contributed by atoms with Gasteiger partial charge in [0.05, 0.1) is 16.3 Å². The lowest BCUT2D eigenvalue weighted by atomic mass is 10.2. The Morgan fingerprint density at radius 1 is 1.25 bits per heavy atom. The molecule has 3 rings (SSSR count). The first-order chi connectivity index (χ1) is 13.1. The smallest absolute Gasteiger partial charge is 0.384 e. The topological polar surface area (TPSA) is 80.3 Å². The van der Waals surface area contributed by atoms with Crippen LogP contribution >= 0.6 is 11.6 Å². The van der Waals surface area contributed by atoms with E-state index in [4.69, 9.17) is 17.3 Å². The van der Waals surface area contributed by atoms with Crippen molar-refractivity contribution < 1.29 is 18.0 Å². The molecule has 0 unspecified atom stereocenters. The van der Waals surface area contributed by atoms with Gasteiger partial charge in [0.15, 0.2) is 0 Å². The summed E-state index contributed by atoms with van der Waals surface area (Å²) >= 11 is 6.04. The molecule has 1 aliphatic heterocycles. The van der Waals surface area contributed by atoms with Crippen molar-refractivity contribution in [3.63, 3.8) is 0 Å². The lowest BCUT2D eigenvalue weighted by Gasteiger charge is -2.24. The fourth-order valence-corrected chi connectivity index (χ4v) is 3.40. The molecule has 2 aromatic heterocycles. The van der Waals surface area contributed by atoms with Gasteiger partial charge >= 0.3 is 6.18 Å². The molecule has 0 bridgehead atoms. The zero-order chi connectivity index (χ0) is 20.5. The number of aryl methyl sites for hydroxylation is 1. The van der Waals surface area contributed by atoms with Gasteiger partial charge in [-0.3, -0.25) is 4.79 Å². The summed E-state index contributed by atoms with van der Waals surface area (Å²) in [6, 6.07) is 2.57. The highest BCUT2D eigenvalue weighted by Gasteiger charge is 2.32. The van der Waals surface area contributed by atoms with Crippen molar-refractivity contribution in [1.29, 1.82) is 0 Å². The Balaban J connectivity index is 1.66. The van der Waals surface area contributed by atoms with Crippen molar-refractivity contribution in [3.8, 4) is 0 Å². The van der Waals surface area contributed by atoms with Gasteiger partial charge in [-0.25, -0.2) is 9.67 Å². The summed E-state index contributed by atoms with van der Waals surface area (Å²) in [5.41, 5.74) is 5.67. The molecule has 2 N–H and O–H groups in total. The number of carbonyl (C=O) groups excluding carboxylic acids is 1. The quantitative estimate of drug-likeness (QED) is 0.831. The summed E-state index contributed by atoms with van der Waals surface area (Å²) < 4.78 is 39.8. The first-order valence-corrected chi connectivity index (χ1v) is 9.08. The molecule has 1 aliphatic rings. The van der Waals surface area contributed by atoms with E-state index in [1.54, 1.807) is 22.8 Å².